The van der Waals surface area contributed by atoms with E-state index < -0.39 is 0 Å². The van der Waals surface area contributed by atoms with E-state index in [0.717, 1.165) is 37.9 Å². The Balaban J connectivity index is 1.57. The highest BCUT2D eigenvalue weighted by Crippen LogP contribution is 2.30. The van der Waals surface area contributed by atoms with E-state index in [-0.39, 0.29) is 0 Å². The lowest BCUT2D eigenvalue weighted by atomic mass is 10.3. The van der Waals surface area contributed by atoms with Gasteiger partial charge in [-0.2, -0.15) is 4.98 Å². The summed E-state index contributed by atoms with van der Waals surface area (Å²) in [6.07, 6.45) is 4.71. The first-order chi connectivity index (χ1) is 8.85. The molecule has 5 nitrogen and oxygen atoms in total. The lowest BCUT2D eigenvalue weighted by molar-refractivity contribution is 0.247. The fourth-order valence-corrected chi connectivity index (χ4v) is 2.47. The summed E-state index contributed by atoms with van der Waals surface area (Å²) in [4.78, 5) is 13.6. The molecule has 0 unspecified atom stereocenters. The number of hydrogen-bond acceptors (Lipinski definition) is 5. The zero-order valence-electron chi connectivity index (χ0n) is 11.0. The van der Waals surface area contributed by atoms with Gasteiger partial charge in [0.25, 0.3) is 0 Å². The monoisotopic (exact) mass is 247 g/mol. The van der Waals surface area contributed by atoms with E-state index in [9.17, 15) is 0 Å². The smallest absolute Gasteiger partial charge is 0.224 e. The summed E-state index contributed by atoms with van der Waals surface area (Å²) in [6.45, 7) is 5.78. The average Bonchev–Trinajstić information content (AvgIpc) is 3.24. The van der Waals surface area contributed by atoms with Crippen LogP contribution in [0.15, 0.2) is 12.3 Å². The summed E-state index contributed by atoms with van der Waals surface area (Å²) < 4.78 is 0. The molecular weight excluding hydrogens is 226 g/mol. The van der Waals surface area contributed by atoms with Gasteiger partial charge >= 0.3 is 0 Å². The molecule has 2 fully saturated rings. The Labute approximate surface area is 108 Å². The first kappa shape index (κ1) is 11.7. The Kier molecular flexibility index (Phi) is 3.32. The summed E-state index contributed by atoms with van der Waals surface area (Å²) >= 11 is 0. The third kappa shape index (κ3) is 2.72. The summed E-state index contributed by atoms with van der Waals surface area (Å²) in [5.74, 6) is 2.74. The molecule has 1 N–H and O–H groups in total. The second-order valence-electron chi connectivity index (χ2n) is 5.22. The molecule has 98 valence electrons. The second kappa shape index (κ2) is 5.10. The SMILES string of the molecule is CNc1nccc(N2CCN(CC3CC3)CC2)n1. The van der Waals surface area contributed by atoms with Crippen molar-refractivity contribution >= 4 is 11.8 Å². The van der Waals surface area contributed by atoms with Crippen LogP contribution in [0.1, 0.15) is 12.8 Å². The van der Waals surface area contributed by atoms with Crippen LogP contribution < -0.4 is 10.2 Å². The van der Waals surface area contributed by atoms with Crippen molar-refractivity contribution in [2.45, 2.75) is 12.8 Å². The number of nitrogens with one attached hydrogen (secondary N) is 1. The number of nitrogens with zero attached hydrogens (tertiary/aromatic N) is 4. The minimum Gasteiger partial charge on any atom is -0.357 e. The predicted octanol–water partition coefficient (Wildman–Crippen LogP) is 1.05. The van der Waals surface area contributed by atoms with Crippen LogP contribution in [0.25, 0.3) is 0 Å². The molecule has 1 saturated carbocycles. The molecule has 2 aliphatic rings. The van der Waals surface area contributed by atoms with E-state index in [1.807, 2.05) is 19.3 Å². The van der Waals surface area contributed by atoms with Crippen molar-refractivity contribution in [3.8, 4) is 0 Å². The van der Waals surface area contributed by atoms with Gasteiger partial charge in [-0.15, -0.1) is 0 Å². The van der Waals surface area contributed by atoms with Gasteiger partial charge in [-0.1, -0.05) is 0 Å². The summed E-state index contributed by atoms with van der Waals surface area (Å²) in [6, 6.07) is 2.00. The summed E-state index contributed by atoms with van der Waals surface area (Å²) in [5.41, 5.74) is 0. The van der Waals surface area contributed by atoms with Crippen LogP contribution in [-0.4, -0.2) is 54.6 Å². The Morgan fingerprint density at radius 1 is 1.28 bits per heavy atom. The van der Waals surface area contributed by atoms with Crippen LogP contribution in [0.5, 0.6) is 0 Å². The molecule has 5 heteroatoms. The summed E-state index contributed by atoms with van der Waals surface area (Å²) in [5, 5.41) is 2.99. The van der Waals surface area contributed by atoms with E-state index >= 15 is 0 Å². The molecule has 0 spiro atoms. The van der Waals surface area contributed by atoms with Crippen LogP contribution in [0.3, 0.4) is 0 Å². The quantitative estimate of drug-likeness (QED) is 0.861. The fraction of sp³-hybridized carbons (Fsp3) is 0.692. The normalized spacial score (nSPS) is 21.1. The largest absolute Gasteiger partial charge is 0.357 e. The zero-order chi connectivity index (χ0) is 12.4. The van der Waals surface area contributed by atoms with Crippen molar-refractivity contribution in [1.29, 1.82) is 0 Å². The molecule has 3 rings (SSSR count). The highest BCUT2D eigenvalue weighted by atomic mass is 15.3. The average molecular weight is 247 g/mol. The highest BCUT2D eigenvalue weighted by Gasteiger charge is 2.26. The first-order valence-corrected chi connectivity index (χ1v) is 6.83. The molecule has 1 saturated heterocycles. The van der Waals surface area contributed by atoms with Gasteiger partial charge in [0.1, 0.15) is 5.82 Å². The number of rotatable bonds is 4. The van der Waals surface area contributed by atoms with Crippen molar-refractivity contribution < 1.29 is 0 Å². The molecule has 0 atom stereocenters. The molecule has 1 aliphatic heterocycles. The number of aromatic nitrogens is 2. The molecule has 2 heterocycles. The minimum absolute atomic E-state index is 0.702. The molecule has 18 heavy (non-hydrogen) atoms. The zero-order valence-corrected chi connectivity index (χ0v) is 11.0. The van der Waals surface area contributed by atoms with Crippen molar-refractivity contribution in [3.05, 3.63) is 12.3 Å². The molecule has 1 aromatic heterocycles. The van der Waals surface area contributed by atoms with Gasteiger partial charge < -0.3 is 10.2 Å². The predicted molar refractivity (Wildman–Crippen MR) is 73.0 cm³/mol. The van der Waals surface area contributed by atoms with Gasteiger partial charge in [-0.25, -0.2) is 4.98 Å². The van der Waals surface area contributed by atoms with Gasteiger partial charge in [0.05, 0.1) is 0 Å². The number of hydrogen-bond donors (Lipinski definition) is 1. The highest BCUT2D eigenvalue weighted by molar-refractivity contribution is 5.42. The Morgan fingerprint density at radius 3 is 2.72 bits per heavy atom. The number of piperazine rings is 1. The molecular formula is C13H21N5. The van der Waals surface area contributed by atoms with Gasteiger partial charge in [-0.05, 0) is 24.8 Å². The molecule has 1 aliphatic carbocycles. The van der Waals surface area contributed by atoms with Crippen LogP contribution >= 0.6 is 0 Å². The Morgan fingerprint density at radius 2 is 2.06 bits per heavy atom. The van der Waals surface area contributed by atoms with E-state index in [2.05, 4.69) is 25.1 Å². The molecule has 0 bridgehead atoms. The van der Waals surface area contributed by atoms with Crippen molar-refractivity contribution in [3.63, 3.8) is 0 Å². The lowest BCUT2D eigenvalue weighted by Gasteiger charge is -2.35. The van der Waals surface area contributed by atoms with E-state index in [0.29, 0.717) is 5.95 Å². The van der Waals surface area contributed by atoms with Gasteiger partial charge in [0.2, 0.25) is 5.95 Å². The Hall–Kier alpha value is -1.36. The summed E-state index contributed by atoms with van der Waals surface area (Å²) in [7, 11) is 1.85. The molecule has 0 aromatic carbocycles. The van der Waals surface area contributed by atoms with E-state index in [1.165, 1.54) is 19.4 Å². The topological polar surface area (TPSA) is 44.3 Å². The van der Waals surface area contributed by atoms with E-state index in [4.69, 9.17) is 0 Å². The van der Waals surface area contributed by atoms with Crippen molar-refractivity contribution in [1.82, 2.24) is 14.9 Å². The maximum atomic E-state index is 4.50. The lowest BCUT2D eigenvalue weighted by Crippen LogP contribution is -2.47. The number of anilines is 2. The maximum absolute atomic E-state index is 4.50. The molecule has 0 amide bonds. The Bertz CT molecular complexity index is 396. The van der Waals surface area contributed by atoms with Crippen LogP contribution in [0.4, 0.5) is 11.8 Å². The van der Waals surface area contributed by atoms with Crippen LogP contribution in [0.2, 0.25) is 0 Å². The fourth-order valence-electron chi connectivity index (χ4n) is 2.47. The van der Waals surface area contributed by atoms with Gasteiger partial charge in [0.15, 0.2) is 0 Å². The van der Waals surface area contributed by atoms with E-state index in [1.54, 1.807) is 0 Å². The van der Waals surface area contributed by atoms with Gasteiger partial charge in [0, 0.05) is 46.0 Å². The van der Waals surface area contributed by atoms with Crippen LogP contribution in [0, 0.1) is 5.92 Å². The maximum Gasteiger partial charge on any atom is 0.224 e. The minimum atomic E-state index is 0.702. The van der Waals surface area contributed by atoms with Crippen molar-refractivity contribution in [2.75, 3.05) is 50.0 Å². The second-order valence-corrected chi connectivity index (χ2v) is 5.22. The molecule has 0 radical (unpaired) electrons. The first-order valence-electron chi connectivity index (χ1n) is 6.83. The third-order valence-corrected chi connectivity index (χ3v) is 3.77. The van der Waals surface area contributed by atoms with Gasteiger partial charge in [-0.3, -0.25) is 4.90 Å². The molecule has 1 aromatic rings. The van der Waals surface area contributed by atoms with Crippen molar-refractivity contribution in [2.24, 2.45) is 5.92 Å². The standard InChI is InChI=1S/C13H21N5/c1-14-13-15-5-4-12(16-13)18-8-6-17(7-9-18)10-11-2-3-11/h4-5,11H,2-3,6-10H2,1H3,(H,14,15,16). The third-order valence-electron chi connectivity index (χ3n) is 3.77. The van der Waals surface area contributed by atoms with Crippen LogP contribution in [-0.2, 0) is 0 Å².